The summed E-state index contributed by atoms with van der Waals surface area (Å²) in [6.07, 6.45) is 10.9. The quantitative estimate of drug-likeness (QED) is 0.554. The zero-order valence-corrected chi connectivity index (χ0v) is 17.8. The molecule has 7 heteroatoms. The van der Waals surface area contributed by atoms with Crippen molar-refractivity contribution in [1.82, 2.24) is 9.97 Å². The highest BCUT2D eigenvalue weighted by atomic mass is 16.5. The molecule has 164 valence electrons. The summed E-state index contributed by atoms with van der Waals surface area (Å²) in [6, 6.07) is 13.7. The van der Waals surface area contributed by atoms with E-state index in [0.717, 1.165) is 0 Å². The third kappa shape index (κ3) is 5.69. The fraction of sp³-hybridized carbons (Fsp3) is 0.280. The summed E-state index contributed by atoms with van der Waals surface area (Å²) in [7, 11) is 0. The molecule has 0 atom stereocenters. The zero-order valence-electron chi connectivity index (χ0n) is 17.8. The molecule has 0 radical (unpaired) electrons. The Balaban J connectivity index is 1.41. The molecule has 2 N–H and O–H groups in total. The summed E-state index contributed by atoms with van der Waals surface area (Å²) in [5, 5.41) is 5.62. The van der Waals surface area contributed by atoms with E-state index in [1.54, 1.807) is 54.9 Å². The van der Waals surface area contributed by atoms with Crippen LogP contribution in [-0.2, 0) is 0 Å². The molecular weight excluding hydrogens is 404 g/mol. The lowest BCUT2D eigenvalue weighted by molar-refractivity contribution is 0.101. The van der Waals surface area contributed by atoms with Crippen LogP contribution >= 0.6 is 0 Å². The van der Waals surface area contributed by atoms with Crippen LogP contribution in [0.5, 0.6) is 5.75 Å². The molecular formula is C25H26N4O3. The van der Waals surface area contributed by atoms with Crippen molar-refractivity contribution in [2.45, 2.75) is 32.1 Å². The lowest BCUT2D eigenvalue weighted by atomic mass is 9.90. The Kier molecular flexibility index (Phi) is 7.07. The Morgan fingerprint density at radius 3 is 2.50 bits per heavy atom. The molecule has 1 aliphatic carbocycles. The van der Waals surface area contributed by atoms with E-state index in [4.69, 9.17) is 4.74 Å². The van der Waals surface area contributed by atoms with Gasteiger partial charge in [0.2, 0.25) is 0 Å². The molecule has 1 saturated carbocycles. The molecule has 32 heavy (non-hydrogen) atoms. The minimum absolute atomic E-state index is 0.293. The van der Waals surface area contributed by atoms with Crippen LogP contribution in [0.4, 0.5) is 11.5 Å². The van der Waals surface area contributed by atoms with Crippen molar-refractivity contribution in [3.05, 3.63) is 78.2 Å². The maximum Gasteiger partial charge on any atom is 0.257 e. The summed E-state index contributed by atoms with van der Waals surface area (Å²) in [6.45, 7) is 0.629. The number of nitrogens with zero attached hydrogens (tertiary/aromatic N) is 2. The number of nitrogens with one attached hydrogen (secondary N) is 2. The van der Waals surface area contributed by atoms with E-state index in [1.807, 2.05) is 6.07 Å². The van der Waals surface area contributed by atoms with Crippen LogP contribution < -0.4 is 15.4 Å². The van der Waals surface area contributed by atoms with E-state index in [2.05, 4.69) is 20.6 Å². The molecule has 2 amide bonds. The highest BCUT2D eigenvalue weighted by molar-refractivity contribution is 6.07. The maximum absolute atomic E-state index is 12.9. The van der Waals surface area contributed by atoms with Gasteiger partial charge in [-0.15, -0.1) is 0 Å². The van der Waals surface area contributed by atoms with Crippen molar-refractivity contribution in [3.63, 3.8) is 0 Å². The number of carbonyl (C=O) groups excluding carboxylic acids is 2. The molecule has 2 heterocycles. The lowest BCUT2D eigenvalue weighted by Gasteiger charge is -2.22. The van der Waals surface area contributed by atoms with Crippen molar-refractivity contribution in [3.8, 4) is 5.75 Å². The number of aromatic nitrogens is 2. The van der Waals surface area contributed by atoms with Crippen molar-refractivity contribution in [1.29, 1.82) is 0 Å². The summed E-state index contributed by atoms with van der Waals surface area (Å²) in [5.74, 6) is 0.876. The molecule has 0 bridgehead atoms. The zero-order chi connectivity index (χ0) is 22.2. The molecule has 4 rings (SSSR count). The Labute approximate surface area is 187 Å². The van der Waals surface area contributed by atoms with Gasteiger partial charge in [0.05, 0.1) is 12.2 Å². The largest absolute Gasteiger partial charge is 0.489 e. The number of hydrogen-bond acceptors (Lipinski definition) is 5. The SMILES string of the molecule is O=C(Nc1cccc(C(=O)Nc2ncccc2OCC2CCCCC2)c1)c1cccnc1. The number of rotatable bonds is 7. The molecule has 2 aromatic heterocycles. The van der Waals surface area contributed by atoms with Crippen LogP contribution in [0, 0.1) is 5.92 Å². The van der Waals surface area contributed by atoms with Gasteiger partial charge >= 0.3 is 0 Å². The standard InChI is InChI=1S/C25H26N4O3/c30-24(19-9-4-11-21(15-19)28-25(31)20-10-5-13-26-16-20)29-23-22(12-6-14-27-23)32-17-18-7-2-1-3-8-18/h4-6,9-16,18H,1-3,7-8,17H2,(H,28,31)(H,27,29,30). The molecule has 1 aromatic carbocycles. The minimum atomic E-state index is -0.330. The fourth-order valence-electron chi connectivity index (χ4n) is 3.78. The van der Waals surface area contributed by atoms with E-state index in [1.165, 1.54) is 38.3 Å². The fourth-order valence-corrected chi connectivity index (χ4v) is 3.78. The number of benzene rings is 1. The van der Waals surface area contributed by atoms with Gasteiger partial charge in [0.15, 0.2) is 11.6 Å². The molecule has 0 aliphatic heterocycles. The Morgan fingerprint density at radius 1 is 0.906 bits per heavy atom. The molecule has 1 fully saturated rings. The highest BCUT2D eigenvalue weighted by Gasteiger charge is 2.17. The van der Waals surface area contributed by atoms with Gasteiger partial charge in [-0.2, -0.15) is 0 Å². The topological polar surface area (TPSA) is 93.2 Å². The van der Waals surface area contributed by atoms with Gasteiger partial charge in [0, 0.05) is 29.8 Å². The molecule has 0 saturated heterocycles. The predicted octanol–water partition coefficient (Wildman–Crippen LogP) is 4.94. The van der Waals surface area contributed by atoms with Crippen LogP contribution in [0.2, 0.25) is 0 Å². The second kappa shape index (κ2) is 10.5. The summed E-state index contributed by atoms with van der Waals surface area (Å²) in [4.78, 5) is 33.4. The van der Waals surface area contributed by atoms with E-state index in [0.29, 0.717) is 40.9 Å². The molecule has 3 aromatic rings. The van der Waals surface area contributed by atoms with Gasteiger partial charge in [0.1, 0.15) is 0 Å². The van der Waals surface area contributed by atoms with Crippen LogP contribution in [0.3, 0.4) is 0 Å². The molecule has 0 spiro atoms. The Morgan fingerprint density at radius 2 is 1.69 bits per heavy atom. The van der Waals surface area contributed by atoms with Gasteiger partial charge in [-0.3, -0.25) is 14.6 Å². The highest BCUT2D eigenvalue weighted by Crippen LogP contribution is 2.27. The van der Waals surface area contributed by atoms with Gasteiger partial charge in [0.25, 0.3) is 11.8 Å². The number of hydrogen-bond donors (Lipinski definition) is 2. The molecule has 0 unspecified atom stereocenters. The van der Waals surface area contributed by atoms with Gasteiger partial charge < -0.3 is 15.4 Å². The van der Waals surface area contributed by atoms with Crippen LogP contribution in [-0.4, -0.2) is 28.4 Å². The molecule has 1 aliphatic rings. The summed E-state index contributed by atoms with van der Waals surface area (Å²) in [5.41, 5.74) is 1.36. The average Bonchev–Trinajstić information content (AvgIpc) is 2.85. The van der Waals surface area contributed by atoms with Gasteiger partial charge in [-0.05, 0) is 61.2 Å². The Bertz CT molecular complexity index is 1070. The summed E-state index contributed by atoms with van der Waals surface area (Å²) >= 11 is 0. The number of amides is 2. The first-order valence-electron chi connectivity index (χ1n) is 10.9. The van der Waals surface area contributed by atoms with Crippen LogP contribution in [0.25, 0.3) is 0 Å². The average molecular weight is 431 g/mol. The van der Waals surface area contributed by atoms with Gasteiger partial charge in [-0.1, -0.05) is 25.3 Å². The van der Waals surface area contributed by atoms with Crippen LogP contribution in [0.1, 0.15) is 52.8 Å². The predicted molar refractivity (Wildman–Crippen MR) is 123 cm³/mol. The van der Waals surface area contributed by atoms with Crippen molar-refractivity contribution >= 4 is 23.3 Å². The van der Waals surface area contributed by atoms with E-state index >= 15 is 0 Å². The second-order valence-electron chi connectivity index (χ2n) is 7.90. The van der Waals surface area contributed by atoms with E-state index in [9.17, 15) is 9.59 Å². The maximum atomic E-state index is 12.9. The third-order valence-corrected chi connectivity index (χ3v) is 5.51. The van der Waals surface area contributed by atoms with Crippen molar-refractivity contribution < 1.29 is 14.3 Å². The number of pyridine rings is 2. The van der Waals surface area contributed by atoms with Gasteiger partial charge in [-0.25, -0.2) is 4.98 Å². The first-order valence-corrected chi connectivity index (χ1v) is 10.9. The monoisotopic (exact) mass is 430 g/mol. The van der Waals surface area contributed by atoms with Crippen LogP contribution in [0.15, 0.2) is 67.1 Å². The summed E-state index contributed by atoms with van der Waals surface area (Å²) < 4.78 is 6.00. The number of ether oxygens (including phenoxy) is 1. The normalized spacial score (nSPS) is 13.9. The second-order valence-corrected chi connectivity index (χ2v) is 7.90. The number of carbonyl (C=O) groups is 2. The van der Waals surface area contributed by atoms with E-state index in [-0.39, 0.29) is 11.8 Å². The number of anilines is 2. The Hall–Kier alpha value is -3.74. The van der Waals surface area contributed by atoms with Crippen molar-refractivity contribution in [2.24, 2.45) is 5.92 Å². The molecule has 7 nitrogen and oxygen atoms in total. The minimum Gasteiger partial charge on any atom is -0.489 e. The first-order chi connectivity index (χ1) is 15.7. The first kappa shape index (κ1) is 21.5. The van der Waals surface area contributed by atoms with Crippen molar-refractivity contribution in [2.75, 3.05) is 17.2 Å². The van der Waals surface area contributed by atoms with E-state index < -0.39 is 0 Å². The smallest absolute Gasteiger partial charge is 0.257 e. The lowest BCUT2D eigenvalue weighted by Crippen LogP contribution is -2.18. The third-order valence-electron chi connectivity index (χ3n) is 5.51.